The van der Waals surface area contributed by atoms with Crippen molar-refractivity contribution in [3.63, 3.8) is 0 Å². The van der Waals surface area contributed by atoms with Crippen LogP contribution in [-0.2, 0) is 21.1 Å². The molecule has 0 bridgehead atoms. The van der Waals surface area contributed by atoms with Crippen LogP contribution in [0.25, 0.3) is 0 Å². The van der Waals surface area contributed by atoms with Crippen LogP contribution in [0.3, 0.4) is 0 Å². The number of likely N-dealkylation sites (tertiary alicyclic amines) is 1. The van der Waals surface area contributed by atoms with Crippen LogP contribution < -0.4 is 0 Å². The Balaban J connectivity index is 0.000000490. The van der Waals surface area contributed by atoms with E-state index in [-0.39, 0.29) is 21.1 Å². The van der Waals surface area contributed by atoms with Gasteiger partial charge >= 0.3 is 0 Å². The van der Waals surface area contributed by atoms with E-state index in [1.807, 2.05) is 0 Å². The summed E-state index contributed by atoms with van der Waals surface area (Å²) >= 11 is 0. The molecule has 1 aliphatic rings. The number of hydrogen-bond donors (Lipinski definition) is 0. The SMILES string of the molecule is CN1CC[CH-]CC1.[W]. The fourth-order valence-electron chi connectivity index (χ4n) is 0.879. The Hall–Kier alpha value is 0.648. The van der Waals surface area contributed by atoms with E-state index < -0.39 is 0 Å². The van der Waals surface area contributed by atoms with Gasteiger partial charge in [0.15, 0.2) is 0 Å². The van der Waals surface area contributed by atoms with Crippen molar-refractivity contribution in [2.75, 3.05) is 20.1 Å². The quantitative estimate of drug-likeness (QED) is 0.597. The summed E-state index contributed by atoms with van der Waals surface area (Å²) in [4.78, 5) is 2.36. The van der Waals surface area contributed by atoms with E-state index in [9.17, 15) is 0 Å². The first-order chi connectivity index (χ1) is 3.39. The monoisotopic (exact) mass is 282 g/mol. The smallest absolute Gasteiger partial charge is 0 e. The normalized spacial score (nSPS) is 22.1. The molecule has 0 unspecified atom stereocenters. The van der Waals surface area contributed by atoms with Gasteiger partial charge in [-0.15, -0.1) is 0 Å². The minimum atomic E-state index is 0. The molecule has 0 atom stereocenters. The van der Waals surface area contributed by atoms with Gasteiger partial charge in [-0.3, -0.25) is 0 Å². The molecule has 8 heavy (non-hydrogen) atoms. The van der Waals surface area contributed by atoms with Gasteiger partial charge in [0.05, 0.1) is 0 Å². The van der Waals surface area contributed by atoms with Crippen LogP contribution in [0.4, 0.5) is 0 Å². The standard InChI is InChI=1S/C6H12N.W/c1-7-5-3-2-4-6-7;/h2H,3-6H2,1H3;/q-1;. The van der Waals surface area contributed by atoms with Gasteiger partial charge in [-0.05, 0) is 20.1 Å². The Morgan fingerprint density at radius 1 is 1.25 bits per heavy atom. The predicted molar refractivity (Wildman–Crippen MR) is 31.0 cm³/mol. The molecule has 0 aromatic rings. The minimum absolute atomic E-state index is 0. The maximum Gasteiger partial charge on any atom is 0 e. The molecule has 0 amide bonds. The third kappa shape index (κ3) is 2.84. The average Bonchev–Trinajstić information content (AvgIpc) is 1.69. The van der Waals surface area contributed by atoms with Crippen LogP contribution in [0.2, 0.25) is 0 Å². The number of nitrogens with zero attached hydrogens (tertiary/aromatic N) is 1. The van der Waals surface area contributed by atoms with Gasteiger partial charge in [-0.25, -0.2) is 0 Å². The molecule has 2 heteroatoms. The Kier molecular flexibility index (Phi) is 4.89. The third-order valence-corrected chi connectivity index (χ3v) is 1.43. The van der Waals surface area contributed by atoms with E-state index in [0.717, 1.165) is 0 Å². The molecule has 1 saturated heterocycles. The van der Waals surface area contributed by atoms with E-state index in [0.29, 0.717) is 0 Å². The molecule has 0 aromatic carbocycles. The van der Waals surface area contributed by atoms with E-state index in [1.54, 1.807) is 0 Å². The third-order valence-electron chi connectivity index (χ3n) is 1.43. The van der Waals surface area contributed by atoms with Crippen molar-refractivity contribution >= 4 is 0 Å². The Morgan fingerprint density at radius 2 is 1.75 bits per heavy atom. The number of rotatable bonds is 0. The largest absolute Gasteiger partial charge is 0.326 e. The molecule has 1 aliphatic heterocycles. The summed E-state index contributed by atoms with van der Waals surface area (Å²) in [5.41, 5.74) is 0. The molecule has 0 N–H and O–H groups in total. The zero-order valence-corrected chi connectivity index (χ0v) is 8.19. The predicted octanol–water partition coefficient (Wildman–Crippen LogP) is 0.914. The molecule has 0 radical (unpaired) electrons. The van der Waals surface area contributed by atoms with Crippen molar-refractivity contribution in [1.29, 1.82) is 0 Å². The van der Waals surface area contributed by atoms with Gasteiger partial charge < -0.3 is 11.3 Å². The number of piperidine rings is 1. The number of hydrogen-bond acceptors (Lipinski definition) is 1. The maximum atomic E-state index is 2.36. The van der Waals surface area contributed by atoms with E-state index in [1.165, 1.54) is 25.9 Å². The van der Waals surface area contributed by atoms with Crippen LogP contribution in [-0.4, -0.2) is 25.0 Å². The summed E-state index contributed by atoms with van der Waals surface area (Å²) < 4.78 is 0. The van der Waals surface area contributed by atoms with E-state index >= 15 is 0 Å². The molecule has 1 fully saturated rings. The topological polar surface area (TPSA) is 3.24 Å². The first kappa shape index (κ1) is 8.65. The van der Waals surface area contributed by atoms with Crippen molar-refractivity contribution < 1.29 is 21.1 Å². The molecule has 0 aliphatic carbocycles. The summed E-state index contributed by atoms with van der Waals surface area (Å²) in [6.45, 7) is 2.53. The molecular weight excluding hydrogens is 270 g/mol. The summed E-state index contributed by atoms with van der Waals surface area (Å²) in [5.74, 6) is 0. The van der Waals surface area contributed by atoms with Gasteiger partial charge in [0.25, 0.3) is 0 Å². The van der Waals surface area contributed by atoms with Crippen molar-refractivity contribution in [3.8, 4) is 0 Å². The van der Waals surface area contributed by atoms with Crippen molar-refractivity contribution in [2.24, 2.45) is 0 Å². The van der Waals surface area contributed by atoms with Gasteiger partial charge in [-0.2, -0.15) is 12.8 Å². The van der Waals surface area contributed by atoms with Crippen molar-refractivity contribution in [3.05, 3.63) is 6.42 Å². The summed E-state index contributed by atoms with van der Waals surface area (Å²) in [6, 6.07) is 0. The molecule has 0 saturated carbocycles. The summed E-state index contributed by atoms with van der Waals surface area (Å²) in [7, 11) is 2.17. The Bertz CT molecular complexity index is 50.5. The average molecular weight is 282 g/mol. The van der Waals surface area contributed by atoms with Crippen LogP contribution in [0.5, 0.6) is 0 Å². The minimum Gasteiger partial charge on any atom is -0.326 e. The van der Waals surface area contributed by atoms with E-state index in [2.05, 4.69) is 18.4 Å². The molecule has 1 rings (SSSR count). The van der Waals surface area contributed by atoms with Crippen LogP contribution in [0.15, 0.2) is 0 Å². The zero-order chi connectivity index (χ0) is 5.11. The van der Waals surface area contributed by atoms with Crippen LogP contribution in [0, 0.1) is 6.42 Å². The first-order valence-corrected chi connectivity index (χ1v) is 2.90. The van der Waals surface area contributed by atoms with Crippen LogP contribution >= 0.6 is 0 Å². The molecule has 1 heterocycles. The van der Waals surface area contributed by atoms with Gasteiger partial charge in [0.2, 0.25) is 0 Å². The molecule has 0 spiro atoms. The van der Waals surface area contributed by atoms with E-state index in [4.69, 9.17) is 0 Å². The molecular formula is C6H12NW-. The van der Waals surface area contributed by atoms with Gasteiger partial charge in [0, 0.05) is 21.1 Å². The fraction of sp³-hybridized carbons (Fsp3) is 0.833. The first-order valence-electron chi connectivity index (χ1n) is 2.90. The van der Waals surface area contributed by atoms with Crippen LogP contribution in [0.1, 0.15) is 12.8 Å². The van der Waals surface area contributed by atoms with Crippen molar-refractivity contribution in [1.82, 2.24) is 4.90 Å². The maximum absolute atomic E-state index is 2.36. The summed E-state index contributed by atoms with van der Waals surface area (Å²) in [6.07, 6.45) is 4.94. The fourth-order valence-corrected chi connectivity index (χ4v) is 0.879. The van der Waals surface area contributed by atoms with Crippen molar-refractivity contribution in [2.45, 2.75) is 12.8 Å². The molecule has 1 nitrogen and oxygen atoms in total. The molecule has 0 aromatic heterocycles. The second kappa shape index (κ2) is 4.52. The summed E-state index contributed by atoms with van der Waals surface area (Å²) in [5, 5.41) is 0. The Labute approximate surface area is 65.7 Å². The zero-order valence-electron chi connectivity index (χ0n) is 5.26. The van der Waals surface area contributed by atoms with Gasteiger partial charge in [-0.1, -0.05) is 0 Å². The Morgan fingerprint density at radius 3 is 2.00 bits per heavy atom. The second-order valence-corrected chi connectivity index (χ2v) is 2.17. The molecule has 48 valence electrons. The van der Waals surface area contributed by atoms with Gasteiger partial charge in [0.1, 0.15) is 0 Å². The second-order valence-electron chi connectivity index (χ2n) is 2.17.